The molecule has 2 unspecified atom stereocenters. The summed E-state index contributed by atoms with van der Waals surface area (Å²) in [6, 6.07) is -3.38. The summed E-state index contributed by atoms with van der Waals surface area (Å²) < 4.78 is 25.9. The molecule has 0 aromatic carbocycles. The van der Waals surface area contributed by atoms with Crippen molar-refractivity contribution in [2.75, 3.05) is 18.8 Å². The molecule has 0 spiro atoms. The van der Waals surface area contributed by atoms with Crippen molar-refractivity contribution in [1.29, 1.82) is 0 Å². The Morgan fingerprint density at radius 2 is 1.52 bits per heavy atom. The molecule has 0 aromatic rings. The fourth-order valence-corrected chi connectivity index (χ4v) is 11.0. The van der Waals surface area contributed by atoms with Crippen LogP contribution in [0.15, 0.2) is 12.7 Å². The van der Waals surface area contributed by atoms with Gasteiger partial charge in [-0.15, -0.1) is 6.58 Å². The van der Waals surface area contributed by atoms with Gasteiger partial charge in [0, 0.05) is 13.1 Å². The minimum atomic E-state index is -3.56. The van der Waals surface area contributed by atoms with Gasteiger partial charge in [-0.2, -0.15) is 0 Å². The van der Waals surface area contributed by atoms with E-state index in [4.69, 9.17) is 0 Å². The van der Waals surface area contributed by atoms with Crippen LogP contribution in [0.5, 0.6) is 0 Å². The van der Waals surface area contributed by atoms with Crippen molar-refractivity contribution in [2.24, 2.45) is 28.6 Å². The Kier molecular flexibility index (Phi) is 11.6. The summed E-state index contributed by atoms with van der Waals surface area (Å²) >= 11 is 0. The number of likely N-dealkylation sites (tertiary alicyclic amines) is 1. The van der Waals surface area contributed by atoms with E-state index in [0.717, 1.165) is 51.4 Å². The Hall–Kier alpha value is -2.96. The molecule has 0 aromatic heterocycles. The van der Waals surface area contributed by atoms with E-state index < -0.39 is 67.3 Å². The van der Waals surface area contributed by atoms with Gasteiger partial charge in [-0.3, -0.25) is 19.2 Å². The van der Waals surface area contributed by atoms with Gasteiger partial charge in [-0.05, 0) is 81.5 Å². The molecule has 0 radical (unpaired) electrons. The van der Waals surface area contributed by atoms with Crippen molar-refractivity contribution >= 4 is 39.4 Å². The third-order valence-electron chi connectivity index (χ3n) is 13.4. The maximum Gasteiger partial charge on any atom is 0.315 e. The average Bonchev–Trinajstić information content (AvgIpc) is 3.41. The highest BCUT2D eigenvalue weighted by Crippen LogP contribution is 2.65. The summed E-state index contributed by atoms with van der Waals surface area (Å²) in [6.07, 6.45) is 11.6. The van der Waals surface area contributed by atoms with Crippen molar-refractivity contribution in [2.45, 2.75) is 153 Å². The molecule has 4 aliphatic carbocycles. The molecule has 5 amide bonds. The van der Waals surface area contributed by atoms with E-state index in [-0.39, 0.29) is 41.4 Å². The van der Waals surface area contributed by atoms with E-state index in [2.05, 4.69) is 41.7 Å². The van der Waals surface area contributed by atoms with E-state index in [1.165, 1.54) is 6.08 Å². The van der Waals surface area contributed by atoms with E-state index in [0.29, 0.717) is 38.6 Å². The Labute approximate surface area is 310 Å². The van der Waals surface area contributed by atoms with Crippen LogP contribution in [0.2, 0.25) is 0 Å². The first-order chi connectivity index (χ1) is 24.3. The molecule has 13 heteroatoms. The number of urea groups is 1. The number of nitrogens with zero attached hydrogens (tertiary/aromatic N) is 1. The van der Waals surface area contributed by atoms with Gasteiger partial charge in [-0.1, -0.05) is 78.2 Å². The van der Waals surface area contributed by atoms with Gasteiger partial charge in [0.05, 0.1) is 22.1 Å². The number of ketones is 1. The summed E-state index contributed by atoms with van der Waals surface area (Å²) in [6.45, 7) is 15.3. The summed E-state index contributed by atoms with van der Waals surface area (Å²) in [4.78, 5) is 70.9. The van der Waals surface area contributed by atoms with Crippen LogP contribution in [-0.2, 0) is 29.0 Å². The smallest absolute Gasteiger partial charge is 0.315 e. The molecular formula is C39H63N5O7S. The molecule has 1 aliphatic heterocycles. The van der Waals surface area contributed by atoms with Crippen LogP contribution in [0.4, 0.5) is 4.79 Å². The number of fused-ring (bicyclic) bond motifs is 1. The number of carbonyl (C=O) groups excluding carboxylic acids is 5. The Morgan fingerprint density at radius 3 is 2.08 bits per heavy atom. The number of hydrogen-bond acceptors (Lipinski definition) is 7. The molecule has 4 N–H and O–H groups in total. The van der Waals surface area contributed by atoms with Crippen molar-refractivity contribution in [3.05, 3.63) is 12.7 Å². The standard InChI is InChI=1S/C39H63N5O7S/c1-8-21-40-33(47)30(45)27(22-25-15-14-16-25)41-32(46)29-28-26(37(28,5)6)23-44(29)34(48)31(38(7)17-12-13-18-38)42-35(49)43-39(19-10-9-11-20-39)24-52(50,51)36(2,3)4/h8,25-29,31H,1,9-24H2,2-7H3,(H,40,47)(H,41,46)(H2,42,43,49)/t26?,27?,28-,29-,31+/m0/s1. The van der Waals surface area contributed by atoms with E-state index in [1.54, 1.807) is 25.7 Å². The molecule has 5 atom stereocenters. The number of Topliss-reactive ketones (excluding diaryl/α,β-unsaturated/α-hetero) is 1. The summed E-state index contributed by atoms with van der Waals surface area (Å²) in [5, 5.41) is 11.6. The fraction of sp³-hybridized carbons (Fsp3) is 0.821. The van der Waals surface area contributed by atoms with Gasteiger partial charge < -0.3 is 26.2 Å². The largest absolute Gasteiger partial charge is 0.346 e. The predicted octanol–water partition coefficient (Wildman–Crippen LogP) is 4.18. The first kappa shape index (κ1) is 40.2. The van der Waals surface area contributed by atoms with E-state index >= 15 is 0 Å². The zero-order chi connectivity index (χ0) is 38.3. The van der Waals surface area contributed by atoms with Crippen LogP contribution in [0.25, 0.3) is 0 Å². The van der Waals surface area contributed by atoms with Crippen LogP contribution in [0, 0.1) is 28.6 Å². The number of carbonyl (C=O) groups is 5. The Bertz CT molecular complexity index is 1520. The summed E-state index contributed by atoms with van der Waals surface area (Å²) in [7, 11) is -3.56. The Morgan fingerprint density at radius 1 is 0.904 bits per heavy atom. The van der Waals surface area contributed by atoms with Crippen LogP contribution >= 0.6 is 0 Å². The lowest BCUT2D eigenvalue weighted by molar-refractivity contribution is -0.145. The minimum absolute atomic E-state index is 0.0721. The normalized spacial score (nSPS) is 27.3. The first-order valence-corrected chi connectivity index (χ1v) is 21.3. The van der Waals surface area contributed by atoms with Crippen LogP contribution in [-0.4, -0.2) is 90.1 Å². The van der Waals surface area contributed by atoms with Crippen LogP contribution in [0.3, 0.4) is 0 Å². The summed E-state index contributed by atoms with van der Waals surface area (Å²) in [5.74, 6) is -2.28. The Balaban J connectivity index is 1.39. The number of sulfone groups is 1. The molecule has 52 heavy (non-hydrogen) atoms. The second-order valence-corrected chi connectivity index (χ2v) is 21.2. The second kappa shape index (κ2) is 15.1. The highest BCUT2D eigenvalue weighted by atomic mass is 32.2. The van der Waals surface area contributed by atoms with Gasteiger partial charge in [0.25, 0.3) is 5.91 Å². The third-order valence-corrected chi connectivity index (χ3v) is 16.2. The molecule has 4 saturated carbocycles. The van der Waals surface area contributed by atoms with E-state index in [1.807, 2.05) is 6.92 Å². The van der Waals surface area contributed by atoms with Gasteiger partial charge in [0.2, 0.25) is 17.6 Å². The number of hydrogen-bond donors (Lipinski definition) is 4. The predicted molar refractivity (Wildman–Crippen MR) is 200 cm³/mol. The van der Waals surface area contributed by atoms with Crippen LogP contribution < -0.4 is 21.3 Å². The maximum atomic E-state index is 14.8. The van der Waals surface area contributed by atoms with Crippen molar-refractivity contribution in [1.82, 2.24) is 26.2 Å². The first-order valence-electron chi connectivity index (χ1n) is 19.6. The highest BCUT2D eigenvalue weighted by Gasteiger charge is 2.70. The highest BCUT2D eigenvalue weighted by molar-refractivity contribution is 7.92. The monoisotopic (exact) mass is 745 g/mol. The minimum Gasteiger partial charge on any atom is -0.346 e. The molecule has 0 bridgehead atoms. The average molecular weight is 746 g/mol. The van der Waals surface area contributed by atoms with Crippen LogP contribution in [0.1, 0.15) is 125 Å². The maximum absolute atomic E-state index is 14.8. The molecule has 5 aliphatic rings. The molecule has 292 valence electrons. The van der Waals surface area contributed by atoms with Crippen molar-refractivity contribution in [3.63, 3.8) is 0 Å². The van der Waals surface area contributed by atoms with Gasteiger partial charge in [0.15, 0.2) is 9.84 Å². The molecule has 5 fully saturated rings. The molecular weight excluding hydrogens is 683 g/mol. The SMILES string of the molecule is C=CCNC(=O)C(=O)C(CC1CCC1)NC(=O)[C@@H]1[C@@H]2C(CN1C(=O)[C@@H](NC(=O)NC1(CS(=O)(=O)C(C)(C)C)CCCCC1)C1(C)CCCC1)C2(C)C. The number of amides is 5. The molecule has 5 rings (SSSR count). The zero-order valence-corrected chi connectivity index (χ0v) is 33.1. The quantitative estimate of drug-likeness (QED) is 0.153. The lowest BCUT2D eigenvalue weighted by Crippen LogP contribution is -2.64. The third kappa shape index (κ3) is 8.23. The second-order valence-electron chi connectivity index (χ2n) is 18.5. The molecule has 1 saturated heterocycles. The number of nitrogens with one attached hydrogen (secondary N) is 4. The fourth-order valence-electron chi connectivity index (χ4n) is 9.47. The van der Waals surface area contributed by atoms with Gasteiger partial charge >= 0.3 is 6.03 Å². The van der Waals surface area contributed by atoms with Gasteiger partial charge in [-0.25, -0.2) is 13.2 Å². The number of piperidine rings is 1. The van der Waals surface area contributed by atoms with Crippen molar-refractivity contribution < 1.29 is 32.4 Å². The van der Waals surface area contributed by atoms with Gasteiger partial charge in [0.1, 0.15) is 12.1 Å². The number of rotatable bonds is 14. The lowest BCUT2D eigenvalue weighted by atomic mass is 9.79. The molecule has 12 nitrogen and oxygen atoms in total. The topological polar surface area (TPSA) is 171 Å². The zero-order valence-electron chi connectivity index (χ0n) is 32.3. The van der Waals surface area contributed by atoms with E-state index in [9.17, 15) is 32.4 Å². The molecule has 1 heterocycles. The summed E-state index contributed by atoms with van der Waals surface area (Å²) in [5.41, 5.74) is -1.71. The van der Waals surface area contributed by atoms with Crippen molar-refractivity contribution in [3.8, 4) is 0 Å². The lowest BCUT2D eigenvalue weighted by Gasteiger charge is -2.42.